The Balaban J connectivity index is 0.00000261. The normalized spacial score (nSPS) is 11.1. The van der Waals surface area contributed by atoms with E-state index in [4.69, 9.17) is 8.83 Å². The highest BCUT2D eigenvalue weighted by molar-refractivity contribution is 14.0. The van der Waals surface area contributed by atoms with E-state index in [2.05, 4.69) is 20.9 Å². The minimum absolute atomic E-state index is 0. The number of carbonyl (C=O) groups excluding carboxylic acids is 1. The number of nitrogens with one attached hydrogen (secondary N) is 3. The molecule has 0 aliphatic rings. The molecular weight excluding hydrogens is 459 g/mol. The molecule has 1 amide bonds. The van der Waals surface area contributed by atoms with Crippen molar-refractivity contribution in [1.82, 2.24) is 16.0 Å². The summed E-state index contributed by atoms with van der Waals surface area (Å²) >= 11 is 0. The van der Waals surface area contributed by atoms with Gasteiger partial charge in [0.05, 0.1) is 25.9 Å². The Morgan fingerprint density at radius 3 is 2.59 bits per heavy atom. The highest BCUT2D eigenvalue weighted by Crippen LogP contribution is 2.24. The summed E-state index contributed by atoms with van der Waals surface area (Å²) in [4.78, 5) is 16.0. The van der Waals surface area contributed by atoms with E-state index in [0.29, 0.717) is 24.8 Å². The lowest BCUT2D eigenvalue weighted by atomic mass is 10.1. The number of carbonyl (C=O) groups is 1. The van der Waals surface area contributed by atoms with Crippen molar-refractivity contribution in [3.63, 3.8) is 0 Å². The van der Waals surface area contributed by atoms with Gasteiger partial charge in [-0.25, -0.2) is 0 Å². The van der Waals surface area contributed by atoms with Crippen molar-refractivity contribution in [2.45, 2.75) is 20.0 Å². The van der Waals surface area contributed by atoms with Gasteiger partial charge in [-0.05, 0) is 25.1 Å². The largest absolute Gasteiger partial charge is 0.467 e. The van der Waals surface area contributed by atoms with Crippen molar-refractivity contribution in [3.05, 3.63) is 59.7 Å². The third kappa shape index (κ3) is 5.49. The van der Waals surface area contributed by atoms with E-state index in [-0.39, 0.29) is 36.4 Å². The van der Waals surface area contributed by atoms with Crippen LogP contribution < -0.4 is 16.0 Å². The molecule has 0 unspecified atom stereocenters. The molecule has 3 aromatic rings. The average molecular weight is 482 g/mol. The lowest BCUT2D eigenvalue weighted by Crippen LogP contribution is -2.42. The van der Waals surface area contributed by atoms with Crippen LogP contribution >= 0.6 is 24.0 Å². The minimum atomic E-state index is -0.149. The molecule has 1 aromatic carbocycles. The average Bonchev–Trinajstić information content (AvgIpc) is 3.29. The first-order valence-corrected chi connectivity index (χ1v) is 8.38. The molecule has 8 heteroatoms. The fourth-order valence-corrected chi connectivity index (χ4v) is 2.60. The first-order valence-electron chi connectivity index (χ1n) is 8.38. The van der Waals surface area contributed by atoms with Gasteiger partial charge < -0.3 is 24.8 Å². The predicted molar refractivity (Wildman–Crippen MR) is 115 cm³/mol. The van der Waals surface area contributed by atoms with Crippen molar-refractivity contribution >= 4 is 46.8 Å². The molecule has 0 aliphatic carbocycles. The second-order valence-corrected chi connectivity index (χ2v) is 5.78. The van der Waals surface area contributed by atoms with Crippen molar-refractivity contribution < 1.29 is 13.6 Å². The molecular formula is C19H23IN4O3. The van der Waals surface area contributed by atoms with E-state index in [1.165, 1.54) is 0 Å². The molecule has 0 spiro atoms. The molecule has 0 saturated heterocycles. The van der Waals surface area contributed by atoms with Crippen molar-refractivity contribution in [3.8, 4) is 0 Å². The Morgan fingerprint density at radius 2 is 1.89 bits per heavy atom. The first-order chi connectivity index (χ1) is 12.7. The lowest BCUT2D eigenvalue weighted by molar-refractivity contribution is -0.120. The van der Waals surface area contributed by atoms with Gasteiger partial charge in [0.1, 0.15) is 17.1 Å². The summed E-state index contributed by atoms with van der Waals surface area (Å²) in [7, 11) is 1.65. The number of aliphatic imine (C=N–C) groups is 1. The summed E-state index contributed by atoms with van der Waals surface area (Å²) in [5.74, 6) is 1.93. The Bertz CT molecular complexity index is 903. The lowest BCUT2D eigenvalue weighted by Gasteiger charge is -2.11. The maximum absolute atomic E-state index is 11.9. The van der Waals surface area contributed by atoms with E-state index in [1.54, 1.807) is 19.4 Å². The molecule has 0 saturated carbocycles. The molecule has 27 heavy (non-hydrogen) atoms. The molecule has 3 rings (SSSR count). The molecule has 2 heterocycles. The summed E-state index contributed by atoms with van der Waals surface area (Å²) in [6, 6.07) is 11.5. The van der Waals surface area contributed by atoms with Crippen LogP contribution in [0.5, 0.6) is 0 Å². The zero-order valence-corrected chi connectivity index (χ0v) is 17.6. The van der Waals surface area contributed by atoms with Gasteiger partial charge in [0, 0.05) is 18.0 Å². The van der Waals surface area contributed by atoms with Crippen LogP contribution in [-0.4, -0.2) is 25.5 Å². The molecule has 0 radical (unpaired) electrons. The first kappa shape index (κ1) is 20.8. The SMILES string of the molecule is CN=C(NCC(=O)NCc1ccco1)NCc1oc2ccccc2c1C.I. The van der Waals surface area contributed by atoms with Crippen LogP contribution in [-0.2, 0) is 17.9 Å². The van der Waals surface area contributed by atoms with Crippen LogP contribution in [0, 0.1) is 6.92 Å². The third-order valence-electron chi connectivity index (χ3n) is 4.04. The van der Waals surface area contributed by atoms with Gasteiger partial charge >= 0.3 is 0 Å². The fraction of sp³-hybridized carbons (Fsp3) is 0.263. The number of guanidine groups is 1. The van der Waals surface area contributed by atoms with Crippen LogP contribution in [0.4, 0.5) is 0 Å². The Labute approximate surface area is 174 Å². The number of amides is 1. The third-order valence-corrected chi connectivity index (χ3v) is 4.04. The predicted octanol–water partition coefficient (Wildman–Crippen LogP) is 2.93. The molecule has 0 atom stereocenters. The maximum atomic E-state index is 11.9. The fourth-order valence-electron chi connectivity index (χ4n) is 2.60. The van der Waals surface area contributed by atoms with Crippen LogP contribution in [0.25, 0.3) is 11.0 Å². The highest BCUT2D eigenvalue weighted by Gasteiger charge is 2.11. The number of fused-ring (bicyclic) bond motifs is 1. The van der Waals surface area contributed by atoms with Crippen LogP contribution in [0.3, 0.4) is 0 Å². The van der Waals surface area contributed by atoms with Gasteiger partial charge in [0.15, 0.2) is 5.96 Å². The molecule has 0 fully saturated rings. The van der Waals surface area contributed by atoms with Gasteiger partial charge in [0.25, 0.3) is 0 Å². The molecule has 144 valence electrons. The number of furan rings is 2. The number of hydrogen-bond acceptors (Lipinski definition) is 4. The van der Waals surface area contributed by atoms with Gasteiger partial charge in [-0.2, -0.15) is 0 Å². The summed E-state index contributed by atoms with van der Waals surface area (Å²) in [5, 5.41) is 10.0. The van der Waals surface area contributed by atoms with Gasteiger partial charge in [-0.15, -0.1) is 24.0 Å². The van der Waals surface area contributed by atoms with E-state index in [0.717, 1.165) is 22.3 Å². The van der Waals surface area contributed by atoms with Crippen LogP contribution in [0.15, 0.2) is 56.5 Å². The van der Waals surface area contributed by atoms with Crippen molar-refractivity contribution in [2.75, 3.05) is 13.6 Å². The molecule has 0 aliphatic heterocycles. The smallest absolute Gasteiger partial charge is 0.239 e. The number of benzene rings is 1. The number of nitrogens with zero attached hydrogens (tertiary/aromatic N) is 1. The zero-order chi connectivity index (χ0) is 18.4. The Hall–Kier alpha value is -2.49. The second-order valence-electron chi connectivity index (χ2n) is 5.78. The molecule has 0 bridgehead atoms. The maximum Gasteiger partial charge on any atom is 0.239 e. The molecule has 7 nitrogen and oxygen atoms in total. The highest BCUT2D eigenvalue weighted by atomic mass is 127. The van der Waals surface area contributed by atoms with Crippen molar-refractivity contribution in [2.24, 2.45) is 4.99 Å². The quantitative estimate of drug-likeness (QED) is 0.286. The number of halogens is 1. The molecule has 3 N–H and O–H groups in total. The van der Waals surface area contributed by atoms with E-state index < -0.39 is 0 Å². The number of hydrogen-bond donors (Lipinski definition) is 3. The van der Waals surface area contributed by atoms with E-state index in [1.807, 2.05) is 37.3 Å². The summed E-state index contributed by atoms with van der Waals surface area (Å²) in [5.41, 5.74) is 1.96. The zero-order valence-electron chi connectivity index (χ0n) is 15.2. The second kappa shape index (κ2) is 10.0. The van der Waals surface area contributed by atoms with Gasteiger partial charge in [0.2, 0.25) is 5.91 Å². The van der Waals surface area contributed by atoms with Crippen molar-refractivity contribution in [1.29, 1.82) is 0 Å². The summed E-state index contributed by atoms with van der Waals surface area (Å²) < 4.78 is 11.0. The standard InChI is InChI=1S/C19H22N4O3.HI/c1-13-15-7-3-4-8-16(15)26-17(13)11-22-19(20-2)23-12-18(24)21-10-14-6-5-9-25-14;/h3-9H,10-12H2,1-2H3,(H,21,24)(H2,20,22,23);1H. The van der Waals surface area contributed by atoms with E-state index >= 15 is 0 Å². The minimum Gasteiger partial charge on any atom is -0.467 e. The number of para-hydroxylation sites is 1. The summed E-state index contributed by atoms with van der Waals surface area (Å²) in [6.07, 6.45) is 1.57. The van der Waals surface area contributed by atoms with E-state index in [9.17, 15) is 4.79 Å². The Kier molecular flexibility index (Phi) is 7.71. The van der Waals surface area contributed by atoms with Crippen LogP contribution in [0.1, 0.15) is 17.1 Å². The monoisotopic (exact) mass is 482 g/mol. The topological polar surface area (TPSA) is 91.8 Å². The molecule has 2 aromatic heterocycles. The number of rotatable bonds is 6. The van der Waals surface area contributed by atoms with Gasteiger partial charge in [-0.1, -0.05) is 18.2 Å². The Morgan fingerprint density at radius 1 is 1.07 bits per heavy atom. The van der Waals surface area contributed by atoms with Gasteiger partial charge in [-0.3, -0.25) is 9.79 Å². The number of aryl methyl sites for hydroxylation is 1. The van der Waals surface area contributed by atoms with Crippen LogP contribution in [0.2, 0.25) is 0 Å². The summed E-state index contributed by atoms with van der Waals surface area (Å²) in [6.45, 7) is 2.98.